The van der Waals surface area contributed by atoms with Gasteiger partial charge in [-0.2, -0.15) is 0 Å². The molecule has 21 heavy (non-hydrogen) atoms. The minimum atomic E-state index is -0.491. The quantitative estimate of drug-likeness (QED) is 0.596. The van der Waals surface area contributed by atoms with Gasteiger partial charge in [-0.25, -0.2) is 0 Å². The van der Waals surface area contributed by atoms with Gasteiger partial charge >= 0.3 is 0 Å². The molecule has 2 unspecified atom stereocenters. The number of hydrogen-bond acceptors (Lipinski definition) is 3. The van der Waals surface area contributed by atoms with Crippen LogP contribution in [0.1, 0.15) is 53.4 Å². The number of ketones is 2. The van der Waals surface area contributed by atoms with Gasteiger partial charge in [-0.15, -0.1) is 0 Å². The predicted octanol–water partition coefficient (Wildman–Crippen LogP) is 2.40. The van der Waals surface area contributed by atoms with E-state index in [1.54, 1.807) is 0 Å². The Hall–Kier alpha value is -0.740. The lowest BCUT2D eigenvalue weighted by Crippen LogP contribution is -2.43. The highest BCUT2D eigenvalue weighted by Gasteiger charge is 2.24. The molecule has 0 bridgehead atoms. The Kier molecular flexibility index (Phi) is 8.98. The molecule has 124 valence electrons. The fourth-order valence-electron chi connectivity index (χ4n) is 2.27. The molecule has 0 spiro atoms. The smallest absolute Gasteiger partial charge is 0.152 e. The van der Waals surface area contributed by atoms with Crippen LogP contribution in [0.15, 0.2) is 0 Å². The molecule has 2 atom stereocenters. The first-order chi connectivity index (χ1) is 9.55. The monoisotopic (exact) mass is 299 g/mol. The highest BCUT2D eigenvalue weighted by Crippen LogP contribution is 2.13. The molecule has 2 N–H and O–H groups in total. The molecule has 4 heteroatoms. The van der Waals surface area contributed by atoms with E-state index in [4.69, 9.17) is 5.73 Å². The topological polar surface area (TPSA) is 60.2 Å². The van der Waals surface area contributed by atoms with Crippen molar-refractivity contribution in [1.29, 1.82) is 0 Å². The molecule has 0 aliphatic heterocycles. The first-order valence-corrected chi connectivity index (χ1v) is 8.16. The minimum Gasteiger partial charge on any atom is -0.328 e. The van der Waals surface area contributed by atoms with E-state index in [0.29, 0.717) is 18.8 Å². The molecular weight excluding hydrogens is 264 g/mol. The molecule has 0 aromatic heterocycles. The van der Waals surface area contributed by atoms with Crippen molar-refractivity contribution in [3.8, 4) is 0 Å². The Morgan fingerprint density at radius 3 is 2.00 bits per heavy atom. The molecule has 0 saturated heterocycles. The van der Waals surface area contributed by atoms with E-state index in [2.05, 4.69) is 27.9 Å². The third kappa shape index (κ3) is 9.75. The number of carbonyl (C=O) groups excluding carboxylic acids is 2. The van der Waals surface area contributed by atoms with E-state index >= 15 is 0 Å². The first kappa shape index (κ1) is 20.3. The van der Waals surface area contributed by atoms with Crippen LogP contribution in [0.5, 0.6) is 0 Å². The molecule has 0 heterocycles. The van der Waals surface area contributed by atoms with Crippen molar-refractivity contribution < 1.29 is 14.1 Å². The van der Waals surface area contributed by atoms with Crippen molar-refractivity contribution >= 4 is 11.6 Å². The summed E-state index contributed by atoms with van der Waals surface area (Å²) in [6.45, 7) is 10.1. The fraction of sp³-hybridized carbons (Fsp3) is 0.882. The Bertz CT molecular complexity index is 338. The summed E-state index contributed by atoms with van der Waals surface area (Å²) < 4.78 is 0.943. The van der Waals surface area contributed by atoms with Crippen LogP contribution in [0, 0.1) is 11.8 Å². The number of quaternary nitrogens is 1. The van der Waals surface area contributed by atoms with Gasteiger partial charge in [0.1, 0.15) is 5.78 Å². The number of nitrogens with zero attached hydrogens (tertiary/aromatic N) is 1. The SMILES string of the molecule is CC(=O)CCC(N)C(=O)C(C)CC[N+](C)(C)CCC(C)C. The lowest BCUT2D eigenvalue weighted by atomic mass is 9.93. The van der Waals surface area contributed by atoms with Crippen LogP contribution >= 0.6 is 0 Å². The van der Waals surface area contributed by atoms with Gasteiger partial charge in [0.25, 0.3) is 0 Å². The summed E-state index contributed by atoms with van der Waals surface area (Å²) in [6.07, 6.45) is 2.94. The van der Waals surface area contributed by atoms with Gasteiger partial charge in [-0.3, -0.25) is 4.79 Å². The van der Waals surface area contributed by atoms with Crippen molar-refractivity contribution in [3.63, 3.8) is 0 Å². The molecule has 0 aromatic carbocycles. The highest BCUT2D eigenvalue weighted by atomic mass is 16.1. The molecule has 0 rings (SSSR count). The zero-order chi connectivity index (χ0) is 16.6. The van der Waals surface area contributed by atoms with Gasteiger partial charge in [0, 0.05) is 18.8 Å². The summed E-state index contributed by atoms with van der Waals surface area (Å²) in [5.74, 6) is 0.877. The molecular formula is C17H35N2O2+. The molecule has 0 aliphatic rings. The molecule has 0 radical (unpaired) electrons. The summed E-state index contributed by atoms with van der Waals surface area (Å²) in [5, 5.41) is 0. The number of nitrogens with two attached hydrogens (primary N) is 1. The predicted molar refractivity (Wildman–Crippen MR) is 88.0 cm³/mol. The molecule has 0 saturated carbocycles. The zero-order valence-electron chi connectivity index (χ0n) is 14.8. The van der Waals surface area contributed by atoms with Gasteiger partial charge in [0.2, 0.25) is 0 Å². The highest BCUT2D eigenvalue weighted by molar-refractivity contribution is 5.86. The fourth-order valence-corrected chi connectivity index (χ4v) is 2.27. The average Bonchev–Trinajstić information content (AvgIpc) is 2.39. The van der Waals surface area contributed by atoms with Crippen molar-refractivity contribution in [2.75, 3.05) is 27.2 Å². The van der Waals surface area contributed by atoms with Crippen molar-refractivity contribution in [3.05, 3.63) is 0 Å². The Balaban J connectivity index is 4.19. The van der Waals surface area contributed by atoms with Gasteiger partial charge in [-0.05, 0) is 25.7 Å². The van der Waals surface area contributed by atoms with E-state index in [-0.39, 0.29) is 17.5 Å². The standard InChI is InChI=1S/C17H35N2O2/c1-13(2)9-11-19(5,6)12-10-14(3)17(21)16(18)8-7-15(4)20/h13-14,16H,7-12,18H2,1-6H3/q+1. The van der Waals surface area contributed by atoms with Crippen molar-refractivity contribution in [2.45, 2.75) is 59.4 Å². The lowest BCUT2D eigenvalue weighted by molar-refractivity contribution is -0.891. The molecule has 0 aliphatic carbocycles. The van der Waals surface area contributed by atoms with Crippen LogP contribution in [0.4, 0.5) is 0 Å². The molecule has 0 amide bonds. The normalized spacial score (nSPS) is 15.0. The van der Waals surface area contributed by atoms with E-state index in [0.717, 1.165) is 24.0 Å². The van der Waals surface area contributed by atoms with Crippen molar-refractivity contribution in [2.24, 2.45) is 17.6 Å². The third-order valence-corrected chi connectivity index (χ3v) is 4.14. The first-order valence-electron chi connectivity index (χ1n) is 8.16. The van der Waals surface area contributed by atoms with Crippen molar-refractivity contribution in [1.82, 2.24) is 0 Å². The summed E-state index contributed by atoms with van der Waals surface area (Å²) >= 11 is 0. The van der Waals surface area contributed by atoms with Crippen LogP contribution < -0.4 is 5.73 Å². The Labute approximate surface area is 130 Å². The molecule has 0 aromatic rings. The maximum absolute atomic E-state index is 12.2. The summed E-state index contributed by atoms with van der Waals surface area (Å²) in [4.78, 5) is 23.2. The van der Waals surface area contributed by atoms with Gasteiger partial charge in [-0.1, -0.05) is 20.8 Å². The average molecular weight is 299 g/mol. The Morgan fingerprint density at radius 1 is 1.00 bits per heavy atom. The van der Waals surface area contributed by atoms with E-state index < -0.39 is 6.04 Å². The maximum atomic E-state index is 12.2. The van der Waals surface area contributed by atoms with Crippen LogP contribution in [0.2, 0.25) is 0 Å². The minimum absolute atomic E-state index is 0.0246. The largest absolute Gasteiger partial charge is 0.328 e. The maximum Gasteiger partial charge on any atom is 0.152 e. The lowest BCUT2D eigenvalue weighted by Gasteiger charge is -2.31. The third-order valence-electron chi connectivity index (χ3n) is 4.14. The van der Waals surface area contributed by atoms with Gasteiger partial charge < -0.3 is 15.0 Å². The number of Topliss-reactive ketones (excluding diaryl/α,β-unsaturated/α-hetero) is 2. The van der Waals surface area contributed by atoms with E-state index in [1.807, 2.05) is 6.92 Å². The van der Waals surface area contributed by atoms with Crippen LogP contribution in [-0.4, -0.2) is 49.3 Å². The summed E-state index contributed by atoms with van der Waals surface area (Å²) in [5.41, 5.74) is 5.90. The van der Waals surface area contributed by atoms with Gasteiger partial charge in [0.05, 0.1) is 33.2 Å². The van der Waals surface area contributed by atoms with E-state index in [9.17, 15) is 9.59 Å². The number of carbonyl (C=O) groups is 2. The second kappa shape index (κ2) is 9.31. The molecule has 0 fully saturated rings. The van der Waals surface area contributed by atoms with E-state index in [1.165, 1.54) is 13.3 Å². The van der Waals surface area contributed by atoms with Crippen LogP contribution in [-0.2, 0) is 9.59 Å². The Morgan fingerprint density at radius 2 is 1.52 bits per heavy atom. The number of hydrogen-bond donors (Lipinski definition) is 1. The number of rotatable bonds is 11. The van der Waals surface area contributed by atoms with Crippen LogP contribution in [0.3, 0.4) is 0 Å². The van der Waals surface area contributed by atoms with Gasteiger partial charge in [0.15, 0.2) is 5.78 Å². The van der Waals surface area contributed by atoms with Crippen LogP contribution in [0.25, 0.3) is 0 Å². The molecule has 4 nitrogen and oxygen atoms in total. The second-order valence-corrected chi connectivity index (χ2v) is 7.50. The second-order valence-electron chi connectivity index (χ2n) is 7.50. The zero-order valence-corrected chi connectivity index (χ0v) is 14.8. The summed E-state index contributed by atoms with van der Waals surface area (Å²) in [6, 6.07) is -0.491. The summed E-state index contributed by atoms with van der Waals surface area (Å²) in [7, 11) is 4.44.